The Hall–Kier alpha value is -1.27. The van der Waals surface area contributed by atoms with Gasteiger partial charge in [-0.2, -0.15) is 0 Å². The van der Waals surface area contributed by atoms with Crippen LogP contribution in [0.15, 0.2) is 54.6 Å². The summed E-state index contributed by atoms with van der Waals surface area (Å²) in [7, 11) is 0. The first-order chi connectivity index (χ1) is 8.78. The molecular formula is C17H19Cl. The predicted molar refractivity (Wildman–Crippen MR) is 79.2 cm³/mol. The molecule has 0 aliphatic carbocycles. The molecule has 0 saturated heterocycles. The van der Waals surface area contributed by atoms with Crippen LogP contribution in [-0.4, -0.2) is 5.88 Å². The molecule has 0 fully saturated rings. The summed E-state index contributed by atoms with van der Waals surface area (Å²) in [5.74, 6) is 1.22. The minimum absolute atomic E-state index is 0.511. The van der Waals surface area contributed by atoms with Crippen LogP contribution >= 0.6 is 11.6 Å². The zero-order chi connectivity index (χ0) is 12.8. The summed E-state index contributed by atoms with van der Waals surface area (Å²) in [4.78, 5) is 0. The number of halogens is 1. The number of hydrogen-bond acceptors (Lipinski definition) is 0. The van der Waals surface area contributed by atoms with Crippen molar-refractivity contribution in [1.82, 2.24) is 0 Å². The Kier molecular flexibility index (Phi) is 4.83. The third kappa shape index (κ3) is 3.89. The molecule has 0 bridgehead atoms. The van der Waals surface area contributed by atoms with E-state index in [1.807, 2.05) is 0 Å². The van der Waals surface area contributed by atoms with Gasteiger partial charge in [-0.3, -0.25) is 0 Å². The molecule has 0 N–H and O–H groups in total. The number of alkyl halides is 1. The van der Waals surface area contributed by atoms with Crippen LogP contribution < -0.4 is 0 Å². The molecule has 0 heterocycles. The van der Waals surface area contributed by atoms with Gasteiger partial charge in [0.2, 0.25) is 0 Å². The zero-order valence-corrected chi connectivity index (χ0v) is 11.5. The SMILES string of the molecule is Cc1ccc(CC(CCl)Cc2ccccc2)cc1. The van der Waals surface area contributed by atoms with Crippen molar-refractivity contribution in [3.05, 3.63) is 71.3 Å². The Morgan fingerprint density at radius 3 is 1.94 bits per heavy atom. The second kappa shape index (κ2) is 6.61. The highest BCUT2D eigenvalue weighted by Crippen LogP contribution is 2.16. The lowest BCUT2D eigenvalue weighted by Gasteiger charge is -2.14. The van der Waals surface area contributed by atoms with Gasteiger partial charge < -0.3 is 0 Å². The van der Waals surface area contributed by atoms with E-state index in [-0.39, 0.29) is 0 Å². The number of benzene rings is 2. The van der Waals surface area contributed by atoms with Crippen LogP contribution in [-0.2, 0) is 12.8 Å². The summed E-state index contributed by atoms with van der Waals surface area (Å²) >= 11 is 6.10. The van der Waals surface area contributed by atoms with Crippen molar-refractivity contribution in [1.29, 1.82) is 0 Å². The maximum absolute atomic E-state index is 6.10. The van der Waals surface area contributed by atoms with Gasteiger partial charge in [-0.1, -0.05) is 60.2 Å². The van der Waals surface area contributed by atoms with E-state index in [4.69, 9.17) is 11.6 Å². The molecule has 94 valence electrons. The van der Waals surface area contributed by atoms with E-state index in [2.05, 4.69) is 61.5 Å². The van der Waals surface area contributed by atoms with E-state index in [0.29, 0.717) is 11.8 Å². The average Bonchev–Trinajstić information content (AvgIpc) is 2.41. The molecule has 2 rings (SSSR count). The highest BCUT2D eigenvalue weighted by molar-refractivity contribution is 6.18. The minimum Gasteiger partial charge on any atom is -0.126 e. The van der Waals surface area contributed by atoms with Gasteiger partial charge in [0, 0.05) is 5.88 Å². The van der Waals surface area contributed by atoms with Gasteiger partial charge in [-0.15, -0.1) is 11.6 Å². The summed E-state index contributed by atoms with van der Waals surface area (Å²) in [6, 6.07) is 19.3. The summed E-state index contributed by atoms with van der Waals surface area (Å²) in [5, 5.41) is 0. The van der Waals surface area contributed by atoms with Gasteiger partial charge in [0.25, 0.3) is 0 Å². The summed E-state index contributed by atoms with van der Waals surface area (Å²) in [6.07, 6.45) is 2.11. The van der Waals surface area contributed by atoms with Crippen molar-refractivity contribution < 1.29 is 0 Å². The Bertz CT molecular complexity index is 459. The lowest BCUT2D eigenvalue weighted by atomic mass is 9.94. The second-order valence-electron chi connectivity index (χ2n) is 4.90. The molecule has 0 aromatic heterocycles. The van der Waals surface area contributed by atoms with E-state index < -0.39 is 0 Å². The van der Waals surface area contributed by atoms with Gasteiger partial charge in [-0.25, -0.2) is 0 Å². The largest absolute Gasteiger partial charge is 0.126 e. The van der Waals surface area contributed by atoms with Crippen molar-refractivity contribution in [3.63, 3.8) is 0 Å². The minimum atomic E-state index is 0.511. The average molecular weight is 259 g/mol. The van der Waals surface area contributed by atoms with Crippen LogP contribution in [0, 0.1) is 12.8 Å². The molecule has 1 atom stereocenters. The molecule has 1 heteroatoms. The van der Waals surface area contributed by atoms with Crippen LogP contribution in [0.4, 0.5) is 0 Å². The molecule has 0 aliphatic rings. The maximum Gasteiger partial charge on any atom is 0.0258 e. The van der Waals surface area contributed by atoms with Crippen molar-refractivity contribution in [2.75, 3.05) is 5.88 Å². The molecule has 0 spiro atoms. The standard InChI is InChI=1S/C17H19Cl/c1-14-7-9-16(10-8-14)12-17(13-18)11-15-5-3-2-4-6-15/h2-10,17H,11-13H2,1H3. The molecular weight excluding hydrogens is 240 g/mol. The Morgan fingerprint density at radius 2 is 1.39 bits per heavy atom. The Morgan fingerprint density at radius 1 is 0.833 bits per heavy atom. The molecule has 0 saturated carbocycles. The Labute approximate surface area is 115 Å². The molecule has 1 unspecified atom stereocenters. The highest BCUT2D eigenvalue weighted by atomic mass is 35.5. The van der Waals surface area contributed by atoms with E-state index in [9.17, 15) is 0 Å². The van der Waals surface area contributed by atoms with E-state index >= 15 is 0 Å². The van der Waals surface area contributed by atoms with Gasteiger partial charge in [0.1, 0.15) is 0 Å². The topological polar surface area (TPSA) is 0 Å². The zero-order valence-electron chi connectivity index (χ0n) is 10.8. The highest BCUT2D eigenvalue weighted by Gasteiger charge is 2.09. The second-order valence-corrected chi connectivity index (χ2v) is 5.21. The van der Waals surface area contributed by atoms with Crippen LogP contribution in [0.25, 0.3) is 0 Å². The fourth-order valence-corrected chi connectivity index (χ4v) is 2.40. The van der Waals surface area contributed by atoms with E-state index in [1.54, 1.807) is 0 Å². The fraction of sp³-hybridized carbons (Fsp3) is 0.294. The number of rotatable bonds is 5. The van der Waals surface area contributed by atoms with Crippen molar-refractivity contribution >= 4 is 11.6 Å². The molecule has 18 heavy (non-hydrogen) atoms. The Balaban J connectivity index is 1.99. The first-order valence-electron chi connectivity index (χ1n) is 6.43. The first-order valence-corrected chi connectivity index (χ1v) is 6.97. The summed E-state index contributed by atoms with van der Waals surface area (Å²) in [5.41, 5.74) is 4.06. The van der Waals surface area contributed by atoms with Crippen LogP contribution in [0.5, 0.6) is 0 Å². The predicted octanol–water partition coefficient (Wildman–Crippen LogP) is 4.64. The van der Waals surface area contributed by atoms with Crippen LogP contribution in [0.1, 0.15) is 16.7 Å². The molecule has 0 aliphatic heterocycles. The third-order valence-electron chi connectivity index (χ3n) is 3.23. The molecule has 0 amide bonds. The van der Waals surface area contributed by atoms with Gasteiger partial charge in [0.15, 0.2) is 0 Å². The number of aryl methyl sites for hydroxylation is 1. The maximum atomic E-state index is 6.10. The normalized spacial score (nSPS) is 12.3. The van der Waals surface area contributed by atoms with Crippen LogP contribution in [0.2, 0.25) is 0 Å². The summed E-state index contributed by atoms with van der Waals surface area (Å²) < 4.78 is 0. The van der Waals surface area contributed by atoms with E-state index in [0.717, 1.165) is 12.8 Å². The fourth-order valence-electron chi connectivity index (χ4n) is 2.19. The van der Waals surface area contributed by atoms with Gasteiger partial charge >= 0.3 is 0 Å². The third-order valence-corrected chi connectivity index (χ3v) is 3.67. The first kappa shape index (κ1) is 13.2. The quantitative estimate of drug-likeness (QED) is 0.686. The smallest absolute Gasteiger partial charge is 0.0258 e. The lowest BCUT2D eigenvalue weighted by Crippen LogP contribution is -2.10. The molecule has 0 radical (unpaired) electrons. The molecule has 2 aromatic carbocycles. The summed E-state index contributed by atoms with van der Waals surface area (Å²) in [6.45, 7) is 2.12. The lowest BCUT2D eigenvalue weighted by molar-refractivity contribution is 0.584. The van der Waals surface area contributed by atoms with Gasteiger partial charge in [0.05, 0.1) is 0 Å². The van der Waals surface area contributed by atoms with Crippen molar-refractivity contribution in [2.24, 2.45) is 5.92 Å². The van der Waals surface area contributed by atoms with Crippen LogP contribution in [0.3, 0.4) is 0 Å². The van der Waals surface area contributed by atoms with Gasteiger partial charge in [-0.05, 0) is 36.8 Å². The van der Waals surface area contributed by atoms with E-state index in [1.165, 1.54) is 16.7 Å². The van der Waals surface area contributed by atoms with Crippen molar-refractivity contribution in [2.45, 2.75) is 19.8 Å². The number of hydrogen-bond donors (Lipinski definition) is 0. The molecule has 2 aromatic rings. The monoisotopic (exact) mass is 258 g/mol. The molecule has 0 nitrogen and oxygen atoms in total. The van der Waals surface area contributed by atoms with Crippen molar-refractivity contribution in [3.8, 4) is 0 Å².